The lowest BCUT2D eigenvalue weighted by molar-refractivity contribution is -0.133. The van der Waals surface area contributed by atoms with E-state index < -0.39 is 5.41 Å². The van der Waals surface area contributed by atoms with Crippen LogP contribution >= 0.6 is 0 Å². The number of aliphatic hydroxyl groups is 1. The number of hydrogen-bond donors (Lipinski definition) is 1. The second-order valence-corrected chi connectivity index (χ2v) is 8.70. The zero-order valence-corrected chi connectivity index (χ0v) is 14.6. The van der Waals surface area contributed by atoms with E-state index in [1.807, 2.05) is 17.0 Å². The predicted molar refractivity (Wildman–Crippen MR) is 91.3 cm³/mol. The number of amides is 1. The second-order valence-electron chi connectivity index (χ2n) is 8.70. The van der Waals surface area contributed by atoms with Gasteiger partial charge < -0.3 is 10.0 Å². The number of hydrogen-bond acceptors (Lipinski definition) is 2. The Morgan fingerprint density at radius 1 is 1.22 bits per heavy atom. The van der Waals surface area contributed by atoms with Gasteiger partial charge in [0.25, 0.3) is 0 Å². The average Bonchev–Trinajstić information content (AvgIpc) is 2.99. The first kappa shape index (κ1) is 15.2. The summed E-state index contributed by atoms with van der Waals surface area (Å²) in [6, 6.07) is 8.47. The highest BCUT2D eigenvalue weighted by Gasteiger charge is 2.73. The minimum Gasteiger partial charge on any atom is -0.393 e. The lowest BCUT2D eigenvalue weighted by atomic mass is 9.64. The van der Waals surface area contributed by atoms with Gasteiger partial charge in [-0.25, -0.2) is 0 Å². The van der Waals surface area contributed by atoms with Gasteiger partial charge in [0.2, 0.25) is 5.91 Å². The Hall–Kier alpha value is -1.35. The van der Waals surface area contributed by atoms with E-state index in [2.05, 4.69) is 39.8 Å². The molecule has 23 heavy (non-hydrogen) atoms. The van der Waals surface area contributed by atoms with E-state index in [4.69, 9.17) is 0 Å². The van der Waals surface area contributed by atoms with Crippen LogP contribution in [0.15, 0.2) is 24.3 Å². The molecule has 124 valence electrons. The van der Waals surface area contributed by atoms with Crippen molar-refractivity contribution in [2.75, 3.05) is 4.90 Å². The Morgan fingerprint density at radius 3 is 2.52 bits per heavy atom. The predicted octanol–water partition coefficient (Wildman–Crippen LogP) is 3.54. The number of nitrogens with zero attached hydrogens (tertiary/aromatic N) is 1. The van der Waals surface area contributed by atoms with Gasteiger partial charge in [0.15, 0.2) is 0 Å². The van der Waals surface area contributed by atoms with E-state index in [0.717, 1.165) is 24.9 Å². The van der Waals surface area contributed by atoms with Gasteiger partial charge in [-0.3, -0.25) is 4.79 Å². The summed E-state index contributed by atoms with van der Waals surface area (Å²) in [5.41, 5.74) is 1.60. The molecule has 1 amide bonds. The number of para-hydroxylation sites is 1. The molecule has 1 heterocycles. The Labute approximate surface area is 138 Å². The van der Waals surface area contributed by atoms with E-state index >= 15 is 0 Å². The van der Waals surface area contributed by atoms with Gasteiger partial charge in [-0.15, -0.1) is 0 Å². The van der Waals surface area contributed by atoms with E-state index in [9.17, 15) is 9.90 Å². The first-order chi connectivity index (χ1) is 10.7. The molecule has 1 aliphatic heterocycles. The monoisotopic (exact) mass is 313 g/mol. The molecule has 4 atom stereocenters. The van der Waals surface area contributed by atoms with E-state index in [1.165, 1.54) is 5.56 Å². The molecule has 3 heteroatoms. The van der Waals surface area contributed by atoms with Crippen molar-refractivity contribution in [3.63, 3.8) is 0 Å². The van der Waals surface area contributed by atoms with Crippen molar-refractivity contribution in [2.45, 2.75) is 65.5 Å². The zero-order chi connectivity index (χ0) is 16.6. The standard InChI is InChI=1S/C20H27NO2/c1-13-11-14-7-5-6-8-15(14)21(13)17(23)20-10-9-19(4,16(22)12-20)18(20,2)3/h5-8,13,16,22H,9-12H2,1-4H3. The number of carbonyl (C=O) groups is 1. The largest absolute Gasteiger partial charge is 0.393 e. The molecule has 0 saturated heterocycles. The SMILES string of the molecule is CC1Cc2ccccc2N1C(=O)C12CCC(C)(C(O)C1)C2(C)C. The minimum absolute atomic E-state index is 0.148. The van der Waals surface area contributed by atoms with Gasteiger partial charge in [-0.05, 0) is 55.1 Å². The summed E-state index contributed by atoms with van der Waals surface area (Å²) >= 11 is 0. The smallest absolute Gasteiger partial charge is 0.234 e. The summed E-state index contributed by atoms with van der Waals surface area (Å²) in [7, 11) is 0. The number of carbonyl (C=O) groups excluding carboxylic acids is 1. The minimum atomic E-state index is -0.424. The molecular weight excluding hydrogens is 286 g/mol. The molecule has 1 aromatic carbocycles. The Balaban J connectivity index is 1.79. The average molecular weight is 313 g/mol. The summed E-state index contributed by atoms with van der Waals surface area (Å²) in [5, 5.41) is 10.7. The molecule has 2 fully saturated rings. The fourth-order valence-electron chi connectivity index (χ4n) is 5.71. The van der Waals surface area contributed by atoms with Crippen molar-refractivity contribution in [1.82, 2.24) is 0 Å². The van der Waals surface area contributed by atoms with Gasteiger partial charge in [-0.1, -0.05) is 39.0 Å². The molecule has 2 aliphatic carbocycles. The number of aliphatic hydroxyl groups excluding tert-OH is 1. The highest BCUT2D eigenvalue weighted by Crippen LogP contribution is 2.72. The van der Waals surface area contributed by atoms with Crippen LogP contribution in [0.25, 0.3) is 0 Å². The van der Waals surface area contributed by atoms with Crippen molar-refractivity contribution in [3.05, 3.63) is 29.8 Å². The van der Waals surface area contributed by atoms with Crippen molar-refractivity contribution in [2.24, 2.45) is 16.2 Å². The number of fused-ring (bicyclic) bond motifs is 3. The quantitative estimate of drug-likeness (QED) is 0.861. The second kappa shape index (κ2) is 4.38. The molecule has 3 aliphatic rings. The third-order valence-corrected chi connectivity index (χ3v) is 7.81. The lowest BCUT2D eigenvalue weighted by Gasteiger charge is -2.42. The van der Waals surface area contributed by atoms with Crippen LogP contribution in [-0.4, -0.2) is 23.2 Å². The summed E-state index contributed by atoms with van der Waals surface area (Å²) in [6.45, 7) is 8.70. The summed E-state index contributed by atoms with van der Waals surface area (Å²) in [4.78, 5) is 15.7. The zero-order valence-electron chi connectivity index (χ0n) is 14.6. The maximum Gasteiger partial charge on any atom is 0.234 e. The Kier molecular flexibility index (Phi) is 2.90. The summed E-state index contributed by atoms with van der Waals surface area (Å²) in [5.74, 6) is 0.236. The Morgan fingerprint density at radius 2 is 1.91 bits per heavy atom. The van der Waals surface area contributed by atoms with Gasteiger partial charge in [0.1, 0.15) is 0 Å². The molecule has 1 N–H and O–H groups in total. The highest BCUT2D eigenvalue weighted by atomic mass is 16.3. The molecule has 0 spiro atoms. The fourth-order valence-corrected chi connectivity index (χ4v) is 5.71. The van der Waals surface area contributed by atoms with Gasteiger partial charge in [0, 0.05) is 11.7 Å². The van der Waals surface area contributed by atoms with E-state index in [1.54, 1.807) is 0 Å². The maximum atomic E-state index is 13.7. The van der Waals surface area contributed by atoms with Gasteiger partial charge in [-0.2, -0.15) is 0 Å². The van der Waals surface area contributed by atoms with Crippen LogP contribution in [0, 0.1) is 16.2 Å². The van der Waals surface area contributed by atoms with Gasteiger partial charge in [0.05, 0.1) is 11.5 Å². The summed E-state index contributed by atoms with van der Waals surface area (Å²) in [6.07, 6.45) is 3.01. The molecule has 2 saturated carbocycles. The summed E-state index contributed by atoms with van der Waals surface area (Å²) < 4.78 is 0. The van der Waals surface area contributed by atoms with Crippen LogP contribution in [0.2, 0.25) is 0 Å². The molecule has 4 rings (SSSR count). The fraction of sp³-hybridized carbons (Fsp3) is 0.650. The molecular formula is C20H27NO2. The van der Waals surface area contributed by atoms with E-state index in [0.29, 0.717) is 6.42 Å². The van der Waals surface area contributed by atoms with Crippen molar-refractivity contribution in [1.29, 1.82) is 0 Å². The molecule has 1 aromatic rings. The topological polar surface area (TPSA) is 40.5 Å². The third-order valence-electron chi connectivity index (χ3n) is 7.81. The molecule has 3 nitrogen and oxygen atoms in total. The van der Waals surface area contributed by atoms with Crippen LogP contribution in [0.5, 0.6) is 0 Å². The van der Waals surface area contributed by atoms with Crippen LogP contribution in [0.1, 0.15) is 52.5 Å². The van der Waals surface area contributed by atoms with Crippen LogP contribution < -0.4 is 4.90 Å². The number of benzene rings is 1. The lowest BCUT2D eigenvalue weighted by Crippen LogP contribution is -2.50. The normalized spacial score (nSPS) is 40.5. The third kappa shape index (κ3) is 1.57. The molecule has 0 radical (unpaired) electrons. The first-order valence-electron chi connectivity index (χ1n) is 8.84. The van der Waals surface area contributed by atoms with E-state index in [-0.39, 0.29) is 28.9 Å². The van der Waals surface area contributed by atoms with Crippen LogP contribution in [0.3, 0.4) is 0 Å². The van der Waals surface area contributed by atoms with Crippen LogP contribution in [0.4, 0.5) is 5.69 Å². The Bertz CT molecular complexity index is 682. The number of anilines is 1. The van der Waals surface area contributed by atoms with Gasteiger partial charge >= 0.3 is 0 Å². The van der Waals surface area contributed by atoms with Crippen molar-refractivity contribution >= 4 is 11.6 Å². The van der Waals surface area contributed by atoms with Crippen molar-refractivity contribution < 1.29 is 9.90 Å². The number of rotatable bonds is 1. The van der Waals surface area contributed by atoms with Crippen LogP contribution in [-0.2, 0) is 11.2 Å². The molecule has 0 aromatic heterocycles. The molecule has 2 bridgehead atoms. The first-order valence-corrected chi connectivity index (χ1v) is 8.84. The van der Waals surface area contributed by atoms with Crippen molar-refractivity contribution in [3.8, 4) is 0 Å². The maximum absolute atomic E-state index is 13.7. The molecule has 4 unspecified atom stereocenters. The highest BCUT2D eigenvalue weighted by molar-refractivity contribution is 6.01.